The molecule has 3 nitrogen and oxygen atoms in total. The molecule has 0 aliphatic carbocycles. The summed E-state index contributed by atoms with van der Waals surface area (Å²) in [5.74, 6) is 0. The predicted octanol–water partition coefficient (Wildman–Crippen LogP) is 12.0. The van der Waals surface area contributed by atoms with Crippen LogP contribution >= 0.6 is 0 Å². The van der Waals surface area contributed by atoms with E-state index in [4.69, 9.17) is 4.42 Å². The highest BCUT2D eigenvalue weighted by molar-refractivity contribution is 6.12. The third kappa shape index (κ3) is 4.37. The van der Waals surface area contributed by atoms with Crippen molar-refractivity contribution in [2.75, 3.05) is 5.32 Å². The smallest absolute Gasteiger partial charge is 0.136 e. The summed E-state index contributed by atoms with van der Waals surface area (Å²) in [6.45, 7) is 0. The van der Waals surface area contributed by atoms with Gasteiger partial charge in [-0.15, -0.1) is 0 Å². The Morgan fingerprint density at radius 3 is 1.93 bits per heavy atom. The monoisotopic (exact) mass is 576 g/mol. The van der Waals surface area contributed by atoms with Crippen LogP contribution < -0.4 is 5.32 Å². The number of aromatic amines is 1. The minimum absolute atomic E-state index is 0.911. The molecule has 0 atom stereocenters. The van der Waals surface area contributed by atoms with Crippen LogP contribution in [0.3, 0.4) is 0 Å². The summed E-state index contributed by atoms with van der Waals surface area (Å²) >= 11 is 0. The molecule has 0 saturated heterocycles. The third-order valence-electron chi connectivity index (χ3n) is 8.84. The Balaban J connectivity index is 1.00. The Bertz CT molecular complexity index is 2500. The molecule has 2 aromatic heterocycles. The lowest BCUT2D eigenvalue weighted by molar-refractivity contribution is 0.669. The molecule has 0 saturated carbocycles. The van der Waals surface area contributed by atoms with E-state index >= 15 is 0 Å². The van der Waals surface area contributed by atoms with Crippen LogP contribution in [0.15, 0.2) is 162 Å². The number of furan rings is 1. The minimum atomic E-state index is 0.911. The van der Waals surface area contributed by atoms with Gasteiger partial charge >= 0.3 is 0 Å². The van der Waals surface area contributed by atoms with Gasteiger partial charge in [0.25, 0.3) is 0 Å². The summed E-state index contributed by atoms with van der Waals surface area (Å²) < 4.78 is 6.12. The standard InChI is InChI=1S/C42H28N2O/c1-4-12-37(43-31-23-20-29(21-24-31)33-11-7-15-41-42(33)35-10-3-6-14-40(35)45-41)32(8-1)28-18-16-27(17-19-28)30-22-25-39-36(26-30)34-9-2-5-13-38(34)44-39/h1-26,43-44H. The van der Waals surface area contributed by atoms with Crippen molar-refractivity contribution in [3.8, 4) is 33.4 Å². The number of para-hydroxylation sites is 3. The number of benzene rings is 7. The van der Waals surface area contributed by atoms with E-state index in [1.54, 1.807) is 0 Å². The van der Waals surface area contributed by atoms with Gasteiger partial charge in [-0.2, -0.15) is 0 Å². The average Bonchev–Trinajstić information content (AvgIpc) is 3.67. The highest BCUT2D eigenvalue weighted by Gasteiger charge is 2.13. The summed E-state index contributed by atoms with van der Waals surface area (Å²) in [6.07, 6.45) is 0. The molecule has 45 heavy (non-hydrogen) atoms. The Labute approximate surface area is 260 Å². The topological polar surface area (TPSA) is 41.0 Å². The summed E-state index contributed by atoms with van der Waals surface area (Å²) in [7, 11) is 0. The Morgan fingerprint density at radius 2 is 1.04 bits per heavy atom. The van der Waals surface area contributed by atoms with Crippen molar-refractivity contribution in [2.45, 2.75) is 0 Å². The zero-order valence-electron chi connectivity index (χ0n) is 24.4. The number of hydrogen-bond donors (Lipinski definition) is 2. The van der Waals surface area contributed by atoms with Gasteiger partial charge in [0.15, 0.2) is 0 Å². The fraction of sp³-hybridized carbons (Fsp3) is 0. The lowest BCUT2D eigenvalue weighted by Crippen LogP contribution is -1.93. The number of anilines is 2. The van der Waals surface area contributed by atoms with Gasteiger partial charge in [-0.3, -0.25) is 0 Å². The average molecular weight is 577 g/mol. The van der Waals surface area contributed by atoms with Crippen LogP contribution in [0.25, 0.3) is 77.1 Å². The lowest BCUT2D eigenvalue weighted by Gasteiger charge is -2.14. The SMILES string of the molecule is c1ccc(-c2ccc(-c3ccc4[nH]c5ccccc5c4c3)cc2)c(Nc2ccc(-c3cccc4oc5ccccc5c34)cc2)c1. The van der Waals surface area contributed by atoms with Crippen LogP contribution in [0.1, 0.15) is 0 Å². The molecule has 3 heteroatoms. The van der Waals surface area contributed by atoms with E-state index in [1.807, 2.05) is 18.2 Å². The molecular formula is C42H28N2O. The van der Waals surface area contributed by atoms with Crippen molar-refractivity contribution >= 4 is 55.1 Å². The number of rotatable bonds is 5. The first kappa shape index (κ1) is 25.4. The zero-order valence-corrected chi connectivity index (χ0v) is 24.4. The highest BCUT2D eigenvalue weighted by atomic mass is 16.3. The summed E-state index contributed by atoms with van der Waals surface area (Å²) in [6, 6.07) is 55.7. The number of aromatic nitrogens is 1. The van der Waals surface area contributed by atoms with Crippen LogP contribution in [-0.2, 0) is 0 Å². The molecule has 0 unspecified atom stereocenters. The maximum absolute atomic E-state index is 6.12. The number of fused-ring (bicyclic) bond motifs is 6. The maximum atomic E-state index is 6.12. The molecule has 0 spiro atoms. The first-order valence-electron chi connectivity index (χ1n) is 15.3. The number of nitrogens with one attached hydrogen (secondary N) is 2. The molecule has 0 aliphatic rings. The lowest BCUT2D eigenvalue weighted by atomic mass is 9.98. The Morgan fingerprint density at radius 1 is 0.422 bits per heavy atom. The molecule has 0 aliphatic heterocycles. The summed E-state index contributed by atoms with van der Waals surface area (Å²) in [4.78, 5) is 3.53. The number of hydrogen-bond acceptors (Lipinski definition) is 2. The van der Waals surface area contributed by atoms with E-state index in [2.05, 4.69) is 150 Å². The molecular weight excluding hydrogens is 548 g/mol. The van der Waals surface area contributed by atoms with Gasteiger partial charge in [-0.25, -0.2) is 0 Å². The second-order valence-electron chi connectivity index (χ2n) is 11.5. The molecule has 2 N–H and O–H groups in total. The molecule has 7 aromatic carbocycles. The van der Waals surface area contributed by atoms with Crippen molar-refractivity contribution in [1.29, 1.82) is 0 Å². The molecule has 9 aromatic rings. The van der Waals surface area contributed by atoms with E-state index in [0.29, 0.717) is 0 Å². The van der Waals surface area contributed by atoms with Crippen LogP contribution in [-0.4, -0.2) is 4.98 Å². The zero-order chi connectivity index (χ0) is 29.7. The van der Waals surface area contributed by atoms with Crippen LogP contribution in [0.5, 0.6) is 0 Å². The molecule has 2 heterocycles. The van der Waals surface area contributed by atoms with E-state index < -0.39 is 0 Å². The van der Waals surface area contributed by atoms with Gasteiger partial charge in [-0.05, 0) is 76.3 Å². The largest absolute Gasteiger partial charge is 0.456 e. The molecule has 9 rings (SSSR count). The van der Waals surface area contributed by atoms with Gasteiger partial charge in [0.1, 0.15) is 11.2 Å². The van der Waals surface area contributed by atoms with Crippen molar-refractivity contribution in [3.05, 3.63) is 158 Å². The first-order valence-corrected chi connectivity index (χ1v) is 15.3. The fourth-order valence-electron chi connectivity index (χ4n) is 6.62. The van der Waals surface area contributed by atoms with Crippen molar-refractivity contribution in [3.63, 3.8) is 0 Å². The van der Waals surface area contributed by atoms with E-state index in [0.717, 1.165) is 50.0 Å². The van der Waals surface area contributed by atoms with E-state index in [-0.39, 0.29) is 0 Å². The highest BCUT2D eigenvalue weighted by Crippen LogP contribution is 2.38. The van der Waals surface area contributed by atoms with E-state index in [9.17, 15) is 0 Å². The maximum Gasteiger partial charge on any atom is 0.136 e. The van der Waals surface area contributed by atoms with Crippen LogP contribution in [0.2, 0.25) is 0 Å². The van der Waals surface area contributed by atoms with Crippen LogP contribution in [0, 0.1) is 0 Å². The van der Waals surface area contributed by atoms with Gasteiger partial charge in [0, 0.05) is 49.5 Å². The second-order valence-corrected chi connectivity index (χ2v) is 11.5. The second kappa shape index (κ2) is 10.3. The summed E-state index contributed by atoms with van der Waals surface area (Å²) in [5.41, 5.74) is 13.4. The third-order valence-corrected chi connectivity index (χ3v) is 8.84. The Kier molecular flexibility index (Phi) is 5.82. The molecule has 0 fully saturated rings. The molecule has 0 bridgehead atoms. The normalized spacial score (nSPS) is 11.6. The van der Waals surface area contributed by atoms with Gasteiger partial charge in [-0.1, -0.05) is 109 Å². The van der Waals surface area contributed by atoms with Crippen molar-refractivity contribution in [1.82, 2.24) is 4.98 Å². The first-order chi connectivity index (χ1) is 22.3. The quantitative estimate of drug-likeness (QED) is 0.214. The van der Waals surface area contributed by atoms with Gasteiger partial charge < -0.3 is 14.7 Å². The van der Waals surface area contributed by atoms with Crippen molar-refractivity contribution < 1.29 is 4.42 Å². The van der Waals surface area contributed by atoms with Crippen molar-refractivity contribution in [2.24, 2.45) is 0 Å². The predicted molar refractivity (Wildman–Crippen MR) is 189 cm³/mol. The van der Waals surface area contributed by atoms with Crippen LogP contribution in [0.4, 0.5) is 11.4 Å². The fourth-order valence-corrected chi connectivity index (χ4v) is 6.62. The Hall–Kier alpha value is -6.06. The number of H-pyrrole nitrogens is 1. The molecule has 0 amide bonds. The molecule has 212 valence electrons. The van der Waals surface area contributed by atoms with E-state index in [1.165, 1.54) is 38.5 Å². The minimum Gasteiger partial charge on any atom is -0.456 e. The van der Waals surface area contributed by atoms with Gasteiger partial charge in [0.05, 0.1) is 0 Å². The summed E-state index contributed by atoms with van der Waals surface area (Å²) in [5, 5.41) is 8.48. The van der Waals surface area contributed by atoms with Gasteiger partial charge in [0.2, 0.25) is 0 Å². The molecule has 0 radical (unpaired) electrons.